The number of amides is 2. The normalized spacial score (nSPS) is 10.7. The fourth-order valence-corrected chi connectivity index (χ4v) is 4.71. The molecule has 2 heterocycles. The number of thiazole rings is 1. The summed E-state index contributed by atoms with van der Waals surface area (Å²) in [4.78, 5) is 41.1. The number of carboxylic acid groups (broad SMARTS) is 1. The lowest BCUT2D eigenvalue weighted by Gasteiger charge is -2.10. The van der Waals surface area contributed by atoms with Gasteiger partial charge in [0.2, 0.25) is 0 Å². The number of rotatable bonds is 5. The summed E-state index contributed by atoms with van der Waals surface area (Å²) in [6.07, 6.45) is 1.55. The number of thiophene rings is 1. The van der Waals surface area contributed by atoms with E-state index in [2.05, 4.69) is 15.6 Å². The Labute approximate surface area is 183 Å². The number of aromatic nitrogens is 1. The van der Waals surface area contributed by atoms with E-state index in [9.17, 15) is 19.5 Å². The van der Waals surface area contributed by atoms with Crippen molar-refractivity contribution < 1.29 is 19.5 Å². The van der Waals surface area contributed by atoms with Gasteiger partial charge >= 0.3 is 5.97 Å². The Morgan fingerprint density at radius 3 is 2.53 bits per heavy atom. The number of benzene rings is 2. The zero-order chi connectivity index (χ0) is 21.3. The minimum atomic E-state index is -1.24. The van der Waals surface area contributed by atoms with Gasteiger partial charge in [-0.15, -0.1) is 22.7 Å². The van der Waals surface area contributed by atoms with Crippen molar-refractivity contribution in [1.82, 2.24) is 4.98 Å². The highest BCUT2D eigenvalue weighted by Gasteiger charge is 2.21. The lowest BCUT2D eigenvalue weighted by Crippen LogP contribution is -2.17. The van der Waals surface area contributed by atoms with Gasteiger partial charge < -0.3 is 10.4 Å². The van der Waals surface area contributed by atoms with Crippen molar-refractivity contribution in [2.45, 2.75) is 0 Å². The molecule has 7 nitrogen and oxygen atoms in total. The van der Waals surface area contributed by atoms with Gasteiger partial charge in [-0.25, -0.2) is 9.78 Å². The van der Waals surface area contributed by atoms with E-state index in [1.54, 1.807) is 17.6 Å². The summed E-state index contributed by atoms with van der Waals surface area (Å²) < 4.78 is 0.836. The number of carbonyl (C=O) groups excluding carboxylic acids is 2. The number of nitrogens with one attached hydrogen (secondary N) is 2. The molecule has 150 valence electrons. The second kappa shape index (κ2) is 8.23. The summed E-state index contributed by atoms with van der Waals surface area (Å²) in [5.41, 5.74) is 0.0205. The Morgan fingerprint density at radius 2 is 1.83 bits per heavy atom. The van der Waals surface area contributed by atoms with Crippen LogP contribution in [0.1, 0.15) is 30.4 Å². The second-order valence-corrected chi connectivity index (χ2v) is 8.38. The highest BCUT2D eigenvalue weighted by atomic mass is 35.5. The van der Waals surface area contributed by atoms with E-state index in [1.165, 1.54) is 40.9 Å². The number of carbonyl (C=O) groups is 3. The lowest BCUT2D eigenvalue weighted by molar-refractivity contribution is 0.0697. The number of anilines is 2. The van der Waals surface area contributed by atoms with E-state index in [0.717, 1.165) is 10.1 Å². The van der Waals surface area contributed by atoms with E-state index in [0.29, 0.717) is 10.2 Å². The predicted molar refractivity (Wildman–Crippen MR) is 118 cm³/mol. The van der Waals surface area contributed by atoms with Gasteiger partial charge in [-0.05, 0) is 24.3 Å². The third-order valence-corrected chi connectivity index (χ3v) is 6.52. The molecule has 2 aromatic carbocycles. The molecule has 0 bridgehead atoms. The molecular weight excluding hydrogens is 446 g/mol. The molecule has 2 aromatic heterocycles. The van der Waals surface area contributed by atoms with Crippen molar-refractivity contribution in [3.05, 3.63) is 75.1 Å². The SMILES string of the molecule is O=C(Nc1nccs1)c1ccc(C(=O)O)c(NC(=O)c2sc3ccccc3c2Cl)c1. The number of halogens is 1. The molecule has 0 fully saturated rings. The third-order valence-electron chi connectivity index (χ3n) is 4.15. The van der Waals surface area contributed by atoms with Crippen molar-refractivity contribution in [3.8, 4) is 0 Å². The molecule has 30 heavy (non-hydrogen) atoms. The first-order chi connectivity index (χ1) is 14.4. The number of fused-ring (bicyclic) bond motifs is 1. The molecule has 4 aromatic rings. The van der Waals surface area contributed by atoms with Gasteiger partial charge in [-0.2, -0.15) is 0 Å². The van der Waals surface area contributed by atoms with Crippen LogP contribution in [-0.4, -0.2) is 27.9 Å². The molecule has 2 amide bonds. The summed E-state index contributed by atoms with van der Waals surface area (Å²) in [7, 11) is 0. The molecule has 0 aliphatic carbocycles. The van der Waals surface area contributed by atoms with Crippen molar-refractivity contribution in [2.75, 3.05) is 10.6 Å². The van der Waals surface area contributed by atoms with E-state index >= 15 is 0 Å². The van der Waals surface area contributed by atoms with E-state index in [4.69, 9.17) is 11.6 Å². The van der Waals surface area contributed by atoms with E-state index in [-0.39, 0.29) is 21.7 Å². The van der Waals surface area contributed by atoms with Crippen LogP contribution in [-0.2, 0) is 0 Å². The van der Waals surface area contributed by atoms with Gasteiger partial charge in [0.1, 0.15) is 4.88 Å². The molecule has 0 unspecified atom stereocenters. The molecule has 0 spiro atoms. The van der Waals surface area contributed by atoms with Crippen LogP contribution < -0.4 is 10.6 Å². The van der Waals surface area contributed by atoms with Gasteiger partial charge in [0.15, 0.2) is 5.13 Å². The molecule has 4 rings (SSSR count). The third kappa shape index (κ3) is 3.90. The van der Waals surface area contributed by atoms with Crippen molar-refractivity contribution in [1.29, 1.82) is 0 Å². The first-order valence-electron chi connectivity index (χ1n) is 8.50. The Kier molecular flexibility index (Phi) is 5.49. The average Bonchev–Trinajstić information content (AvgIpc) is 3.36. The molecule has 0 aliphatic heterocycles. The summed E-state index contributed by atoms with van der Waals surface area (Å²) in [5, 5.41) is 17.8. The maximum atomic E-state index is 12.8. The van der Waals surface area contributed by atoms with Crippen LogP contribution >= 0.6 is 34.3 Å². The Balaban J connectivity index is 1.66. The highest BCUT2D eigenvalue weighted by molar-refractivity contribution is 7.21. The van der Waals surface area contributed by atoms with Crippen LogP contribution in [0.4, 0.5) is 10.8 Å². The van der Waals surface area contributed by atoms with Crippen LogP contribution in [0.3, 0.4) is 0 Å². The van der Waals surface area contributed by atoms with Crippen LogP contribution in [0.5, 0.6) is 0 Å². The van der Waals surface area contributed by atoms with Crippen molar-refractivity contribution >= 4 is 73.0 Å². The van der Waals surface area contributed by atoms with Crippen LogP contribution in [0.25, 0.3) is 10.1 Å². The molecule has 3 N–H and O–H groups in total. The largest absolute Gasteiger partial charge is 0.478 e. The molecule has 0 aliphatic rings. The highest BCUT2D eigenvalue weighted by Crippen LogP contribution is 2.35. The van der Waals surface area contributed by atoms with Gasteiger partial charge in [-0.1, -0.05) is 29.8 Å². The van der Waals surface area contributed by atoms with Gasteiger partial charge in [0.05, 0.1) is 16.3 Å². The number of hydrogen-bond donors (Lipinski definition) is 3. The number of carboxylic acids is 1. The zero-order valence-electron chi connectivity index (χ0n) is 15.0. The Morgan fingerprint density at radius 1 is 1.03 bits per heavy atom. The molecule has 0 saturated carbocycles. The molecule has 0 atom stereocenters. The summed E-state index contributed by atoms with van der Waals surface area (Å²) in [6, 6.07) is 11.2. The Bertz CT molecular complexity index is 1280. The van der Waals surface area contributed by atoms with Gasteiger partial charge in [0.25, 0.3) is 11.8 Å². The van der Waals surface area contributed by atoms with Crippen molar-refractivity contribution in [3.63, 3.8) is 0 Å². The standard InChI is InChI=1S/C20H12ClN3O4S2/c21-15-12-3-1-2-4-14(12)30-16(15)18(26)23-13-9-10(5-6-11(13)19(27)28)17(25)24-20-22-7-8-29-20/h1-9H,(H,23,26)(H,27,28)(H,22,24,25). The molecule has 10 heteroatoms. The van der Waals surface area contributed by atoms with Crippen LogP contribution in [0, 0.1) is 0 Å². The first-order valence-corrected chi connectivity index (χ1v) is 10.6. The minimum absolute atomic E-state index is 0.00666. The maximum Gasteiger partial charge on any atom is 0.337 e. The van der Waals surface area contributed by atoms with Gasteiger partial charge in [0, 0.05) is 27.2 Å². The zero-order valence-corrected chi connectivity index (χ0v) is 17.4. The number of nitrogens with zero attached hydrogens (tertiary/aromatic N) is 1. The minimum Gasteiger partial charge on any atom is -0.478 e. The molecular formula is C20H12ClN3O4S2. The first kappa shape index (κ1) is 20.0. The molecule has 0 radical (unpaired) electrons. The monoisotopic (exact) mass is 457 g/mol. The van der Waals surface area contributed by atoms with E-state index in [1.807, 2.05) is 18.2 Å². The Hall–Kier alpha value is -3.27. The molecule has 0 saturated heterocycles. The number of aromatic carboxylic acids is 1. The summed E-state index contributed by atoms with van der Waals surface area (Å²) >= 11 is 8.80. The van der Waals surface area contributed by atoms with E-state index < -0.39 is 17.8 Å². The maximum absolute atomic E-state index is 12.8. The summed E-state index contributed by atoms with van der Waals surface area (Å²) in [5.74, 6) is -2.27. The predicted octanol–water partition coefficient (Wildman–Crippen LogP) is 5.21. The fourth-order valence-electron chi connectivity index (χ4n) is 2.77. The quantitative estimate of drug-likeness (QED) is 0.381. The summed E-state index contributed by atoms with van der Waals surface area (Å²) in [6.45, 7) is 0. The van der Waals surface area contributed by atoms with Gasteiger partial charge in [-0.3, -0.25) is 14.9 Å². The number of hydrogen-bond acceptors (Lipinski definition) is 6. The van der Waals surface area contributed by atoms with Crippen LogP contribution in [0.15, 0.2) is 54.0 Å². The average molecular weight is 458 g/mol. The van der Waals surface area contributed by atoms with Crippen molar-refractivity contribution in [2.24, 2.45) is 0 Å². The lowest BCUT2D eigenvalue weighted by atomic mass is 10.1. The second-order valence-electron chi connectivity index (χ2n) is 6.05. The smallest absolute Gasteiger partial charge is 0.337 e. The fraction of sp³-hybridized carbons (Fsp3) is 0. The topological polar surface area (TPSA) is 108 Å². The van der Waals surface area contributed by atoms with Crippen LogP contribution in [0.2, 0.25) is 5.02 Å².